The molecule has 22 heavy (non-hydrogen) atoms. The van der Waals surface area contributed by atoms with E-state index in [0.717, 1.165) is 0 Å². The van der Waals surface area contributed by atoms with Crippen molar-refractivity contribution in [3.8, 4) is 5.75 Å². The molecule has 0 bridgehead atoms. The van der Waals surface area contributed by atoms with Crippen LogP contribution in [-0.4, -0.2) is 35.7 Å². The number of carbonyl (C=O) groups excluding carboxylic acids is 2. The summed E-state index contributed by atoms with van der Waals surface area (Å²) in [5.41, 5.74) is 0.984. The van der Waals surface area contributed by atoms with Gasteiger partial charge in [0.25, 0.3) is 11.8 Å². The van der Waals surface area contributed by atoms with Gasteiger partial charge in [-0.3, -0.25) is 9.59 Å². The lowest BCUT2D eigenvalue weighted by molar-refractivity contribution is -0.120. The normalized spacial score (nSPS) is 13.5. The van der Waals surface area contributed by atoms with E-state index in [1.54, 1.807) is 32.2 Å². The van der Waals surface area contributed by atoms with Crippen LogP contribution in [-0.2, 0) is 11.3 Å². The number of rotatable bonds is 3. The minimum Gasteiger partial charge on any atom is -0.482 e. The highest BCUT2D eigenvalue weighted by molar-refractivity contribution is 6.00. The fourth-order valence-electron chi connectivity index (χ4n) is 2.08. The third kappa shape index (κ3) is 2.62. The average molecular weight is 302 g/mol. The van der Waals surface area contributed by atoms with E-state index < -0.39 is 0 Å². The molecule has 1 aromatic carbocycles. The first-order valence-electron chi connectivity index (χ1n) is 6.65. The van der Waals surface area contributed by atoms with Gasteiger partial charge in [-0.25, -0.2) is 0 Å². The molecule has 8 nitrogen and oxygen atoms in total. The summed E-state index contributed by atoms with van der Waals surface area (Å²) >= 11 is 0. The van der Waals surface area contributed by atoms with Gasteiger partial charge in [0.2, 0.25) is 11.8 Å². The number of aryl methyl sites for hydroxylation is 1. The molecule has 114 valence electrons. The summed E-state index contributed by atoms with van der Waals surface area (Å²) in [7, 11) is 1.65. The van der Waals surface area contributed by atoms with Crippen LogP contribution >= 0.6 is 0 Å². The van der Waals surface area contributed by atoms with Crippen LogP contribution in [0.15, 0.2) is 22.6 Å². The molecule has 3 rings (SSSR count). The quantitative estimate of drug-likeness (QED) is 0.894. The van der Waals surface area contributed by atoms with Crippen LogP contribution in [0.5, 0.6) is 5.75 Å². The molecule has 2 aromatic rings. The van der Waals surface area contributed by atoms with Gasteiger partial charge in [-0.2, -0.15) is 0 Å². The number of fused-ring (bicyclic) bond motifs is 1. The summed E-state index contributed by atoms with van der Waals surface area (Å²) in [4.78, 5) is 25.2. The number of anilines is 1. The number of nitrogens with one attached hydrogen (secondary N) is 1. The highest BCUT2D eigenvalue weighted by Crippen LogP contribution is 2.31. The molecule has 2 heterocycles. The lowest BCUT2D eigenvalue weighted by Gasteiger charge is -2.26. The molecule has 0 radical (unpaired) electrons. The van der Waals surface area contributed by atoms with Crippen molar-refractivity contribution < 1.29 is 18.7 Å². The molecule has 0 fully saturated rings. The molecule has 2 amide bonds. The van der Waals surface area contributed by atoms with Crippen molar-refractivity contribution >= 4 is 17.5 Å². The van der Waals surface area contributed by atoms with Crippen molar-refractivity contribution in [2.75, 3.05) is 18.6 Å². The van der Waals surface area contributed by atoms with Crippen molar-refractivity contribution in [2.45, 2.75) is 13.5 Å². The standard InChI is InChI=1S/C14H14N4O4/c1-8-16-17-12(22-8)6-15-14(20)9-3-4-11-10(5-9)18(2)13(19)7-21-11/h3-5H,6-7H2,1-2H3,(H,15,20). The predicted molar refractivity (Wildman–Crippen MR) is 75.6 cm³/mol. The Bertz CT molecular complexity index is 740. The van der Waals surface area contributed by atoms with Gasteiger partial charge < -0.3 is 19.4 Å². The first-order chi connectivity index (χ1) is 10.5. The smallest absolute Gasteiger partial charge is 0.264 e. The lowest BCUT2D eigenvalue weighted by Crippen LogP contribution is -2.35. The van der Waals surface area contributed by atoms with Gasteiger partial charge >= 0.3 is 0 Å². The van der Waals surface area contributed by atoms with Gasteiger partial charge in [-0.05, 0) is 18.2 Å². The number of likely N-dealkylation sites (N-methyl/N-ethyl adjacent to an activating group) is 1. The van der Waals surface area contributed by atoms with E-state index in [9.17, 15) is 9.59 Å². The second kappa shape index (κ2) is 5.47. The minimum absolute atomic E-state index is 0.00551. The molecule has 1 aliphatic heterocycles. The van der Waals surface area contributed by atoms with E-state index in [1.807, 2.05) is 0 Å². The Morgan fingerprint density at radius 1 is 1.41 bits per heavy atom. The zero-order valence-corrected chi connectivity index (χ0v) is 12.1. The van der Waals surface area contributed by atoms with Crippen LogP contribution in [0.3, 0.4) is 0 Å². The number of nitrogens with zero attached hydrogens (tertiary/aromatic N) is 3. The number of aromatic nitrogens is 2. The SMILES string of the molecule is Cc1nnc(CNC(=O)c2ccc3c(c2)N(C)C(=O)CO3)o1. The van der Waals surface area contributed by atoms with E-state index in [4.69, 9.17) is 9.15 Å². The summed E-state index contributed by atoms with van der Waals surface area (Å²) in [6.45, 7) is 1.82. The molecule has 1 aromatic heterocycles. The molecule has 8 heteroatoms. The molecular formula is C14H14N4O4. The van der Waals surface area contributed by atoms with Crippen molar-refractivity contribution in [3.63, 3.8) is 0 Å². The summed E-state index contributed by atoms with van der Waals surface area (Å²) in [5.74, 6) is 0.886. The Hall–Kier alpha value is -2.90. The van der Waals surface area contributed by atoms with Gasteiger partial charge in [-0.15, -0.1) is 10.2 Å². The molecule has 1 N–H and O–H groups in total. The van der Waals surface area contributed by atoms with Crippen molar-refractivity contribution in [1.82, 2.24) is 15.5 Å². The van der Waals surface area contributed by atoms with E-state index in [1.165, 1.54) is 4.90 Å². The van der Waals surface area contributed by atoms with Crippen LogP contribution in [0.25, 0.3) is 0 Å². The number of hydrogen-bond donors (Lipinski definition) is 1. The van der Waals surface area contributed by atoms with Crippen molar-refractivity contribution in [3.05, 3.63) is 35.5 Å². The van der Waals surface area contributed by atoms with Gasteiger partial charge in [0, 0.05) is 19.5 Å². The molecule has 0 saturated heterocycles. The highest BCUT2D eigenvalue weighted by Gasteiger charge is 2.23. The first-order valence-corrected chi connectivity index (χ1v) is 6.65. The van der Waals surface area contributed by atoms with Crippen molar-refractivity contribution in [2.24, 2.45) is 0 Å². The lowest BCUT2D eigenvalue weighted by atomic mass is 10.1. The Kier molecular flexibility index (Phi) is 3.50. The van der Waals surface area contributed by atoms with Gasteiger partial charge in [0.1, 0.15) is 5.75 Å². The van der Waals surface area contributed by atoms with Crippen LogP contribution in [0.1, 0.15) is 22.1 Å². The maximum absolute atomic E-state index is 12.2. The zero-order valence-electron chi connectivity index (χ0n) is 12.1. The van der Waals surface area contributed by atoms with E-state index in [2.05, 4.69) is 15.5 Å². The van der Waals surface area contributed by atoms with Gasteiger partial charge in [-0.1, -0.05) is 0 Å². The molecule has 0 atom stereocenters. The summed E-state index contributed by atoms with van der Waals surface area (Å²) in [6, 6.07) is 4.92. The van der Waals surface area contributed by atoms with Gasteiger partial charge in [0.05, 0.1) is 12.2 Å². The van der Waals surface area contributed by atoms with Crippen molar-refractivity contribution in [1.29, 1.82) is 0 Å². The van der Waals surface area contributed by atoms with E-state index in [-0.39, 0.29) is 25.0 Å². The van der Waals surface area contributed by atoms with E-state index in [0.29, 0.717) is 28.8 Å². The topological polar surface area (TPSA) is 97.6 Å². The second-order valence-electron chi connectivity index (χ2n) is 4.82. The molecule has 0 unspecified atom stereocenters. The first kappa shape index (κ1) is 14.1. The fourth-order valence-corrected chi connectivity index (χ4v) is 2.08. The highest BCUT2D eigenvalue weighted by atomic mass is 16.5. The molecule has 0 saturated carbocycles. The third-order valence-electron chi connectivity index (χ3n) is 3.28. The maximum atomic E-state index is 12.2. The van der Waals surface area contributed by atoms with Crippen LogP contribution < -0.4 is 15.0 Å². The predicted octanol–water partition coefficient (Wildman–Crippen LogP) is 0.663. The summed E-state index contributed by atoms with van der Waals surface area (Å²) < 4.78 is 10.5. The van der Waals surface area contributed by atoms with Crippen LogP contribution in [0, 0.1) is 6.92 Å². The van der Waals surface area contributed by atoms with E-state index >= 15 is 0 Å². The second-order valence-corrected chi connectivity index (χ2v) is 4.82. The van der Waals surface area contributed by atoms with Crippen LogP contribution in [0.4, 0.5) is 5.69 Å². The zero-order chi connectivity index (χ0) is 15.7. The molecule has 1 aliphatic rings. The average Bonchev–Trinajstić information content (AvgIpc) is 2.94. The number of carbonyl (C=O) groups is 2. The Labute approximate surface area is 126 Å². The number of amides is 2. The number of ether oxygens (including phenoxy) is 1. The molecule has 0 spiro atoms. The minimum atomic E-state index is -0.301. The number of hydrogen-bond acceptors (Lipinski definition) is 6. The number of benzene rings is 1. The summed E-state index contributed by atoms with van der Waals surface area (Å²) in [6.07, 6.45) is 0. The molecule has 0 aliphatic carbocycles. The monoisotopic (exact) mass is 302 g/mol. The van der Waals surface area contributed by atoms with Gasteiger partial charge in [0.15, 0.2) is 6.61 Å². The maximum Gasteiger partial charge on any atom is 0.264 e. The Morgan fingerprint density at radius 2 is 2.23 bits per heavy atom. The Morgan fingerprint density at radius 3 is 2.95 bits per heavy atom. The van der Waals surface area contributed by atoms with Crippen LogP contribution in [0.2, 0.25) is 0 Å². The largest absolute Gasteiger partial charge is 0.482 e. The molecular weight excluding hydrogens is 288 g/mol. The fraction of sp³-hybridized carbons (Fsp3) is 0.286. The Balaban J connectivity index is 1.74. The summed E-state index contributed by atoms with van der Waals surface area (Å²) in [5, 5.41) is 10.2. The third-order valence-corrected chi connectivity index (χ3v) is 3.28.